The maximum absolute atomic E-state index is 13.1. The molecule has 2 aromatic rings. The van der Waals surface area contributed by atoms with Gasteiger partial charge in [-0.15, -0.1) is 5.10 Å². The number of nitrogens with two attached hydrogens (primary N) is 1. The van der Waals surface area contributed by atoms with Crippen molar-refractivity contribution in [2.24, 2.45) is 21.7 Å². The minimum Gasteiger partial charge on any atom is -0.383 e. The average Bonchev–Trinajstić information content (AvgIpc) is 2.98. The number of halogens is 1. The summed E-state index contributed by atoms with van der Waals surface area (Å²) in [6.45, 7) is 0. The van der Waals surface area contributed by atoms with E-state index in [0.717, 1.165) is 0 Å². The second-order valence-corrected chi connectivity index (χ2v) is 6.22. The molecule has 0 saturated heterocycles. The van der Waals surface area contributed by atoms with Crippen LogP contribution in [0.2, 0.25) is 5.02 Å². The first-order chi connectivity index (χ1) is 12.6. The number of benzene rings is 2. The van der Waals surface area contributed by atoms with Crippen LogP contribution in [0.15, 0.2) is 70.3 Å². The molecule has 1 amide bonds. The van der Waals surface area contributed by atoms with Gasteiger partial charge in [-0.1, -0.05) is 41.9 Å². The fourth-order valence-electron chi connectivity index (χ4n) is 3.06. The van der Waals surface area contributed by atoms with Crippen LogP contribution in [0.25, 0.3) is 5.57 Å². The van der Waals surface area contributed by atoms with E-state index in [1.165, 1.54) is 5.01 Å². The highest BCUT2D eigenvalue weighted by Crippen LogP contribution is 2.38. The van der Waals surface area contributed by atoms with Crippen molar-refractivity contribution in [3.8, 4) is 6.07 Å². The topological polar surface area (TPSA) is 94.8 Å². The summed E-state index contributed by atoms with van der Waals surface area (Å²) < 4.78 is 0. The number of dihydropyridines is 1. The Hall–Kier alpha value is -3.43. The monoisotopic (exact) mass is 361 g/mol. The Kier molecular flexibility index (Phi) is 3.79. The first kappa shape index (κ1) is 16.1. The molecule has 0 fully saturated rings. The number of rotatable bonds is 2. The van der Waals surface area contributed by atoms with Crippen LogP contribution in [0.5, 0.6) is 0 Å². The van der Waals surface area contributed by atoms with Gasteiger partial charge in [0, 0.05) is 10.6 Å². The van der Waals surface area contributed by atoms with Gasteiger partial charge >= 0.3 is 0 Å². The van der Waals surface area contributed by atoms with Crippen LogP contribution >= 0.6 is 11.6 Å². The molecule has 7 heteroatoms. The lowest BCUT2D eigenvalue weighted by Crippen LogP contribution is -2.33. The van der Waals surface area contributed by atoms with Gasteiger partial charge in [0.1, 0.15) is 17.8 Å². The molecule has 0 aliphatic carbocycles. The molecule has 0 radical (unpaired) electrons. The zero-order valence-electron chi connectivity index (χ0n) is 13.4. The van der Waals surface area contributed by atoms with E-state index in [1.54, 1.807) is 36.4 Å². The Balaban J connectivity index is 1.87. The van der Waals surface area contributed by atoms with E-state index in [-0.39, 0.29) is 23.2 Å². The standard InChI is InChI=1S/C19H12ClN5O/c20-12-8-6-11(7-9-12)15-14(10-21)17(22)23-18-16(15)19(26)25(24-18)13-4-2-1-3-5-13/h1-9,16H,(H2,22,23,24). The summed E-state index contributed by atoms with van der Waals surface area (Å²) in [7, 11) is 0. The molecule has 0 bridgehead atoms. The number of aliphatic imine (C=N–C) groups is 1. The summed E-state index contributed by atoms with van der Waals surface area (Å²) in [6.07, 6.45) is 0. The van der Waals surface area contributed by atoms with Crippen LogP contribution < -0.4 is 10.7 Å². The minimum absolute atomic E-state index is 0.0511. The zero-order valence-corrected chi connectivity index (χ0v) is 14.2. The second-order valence-electron chi connectivity index (χ2n) is 5.78. The number of carbonyl (C=O) groups excluding carboxylic acids is 1. The van der Waals surface area contributed by atoms with E-state index >= 15 is 0 Å². The Morgan fingerprint density at radius 3 is 2.46 bits per heavy atom. The third-order valence-corrected chi connectivity index (χ3v) is 4.49. The van der Waals surface area contributed by atoms with Crippen molar-refractivity contribution in [3.05, 3.63) is 70.8 Å². The average molecular weight is 362 g/mol. The summed E-state index contributed by atoms with van der Waals surface area (Å²) in [5, 5.41) is 15.8. The van der Waals surface area contributed by atoms with Crippen molar-refractivity contribution < 1.29 is 4.79 Å². The molecule has 0 aromatic heterocycles. The number of nitriles is 1. The van der Waals surface area contributed by atoms with Gasteiger partial charge in [0.05, 0.1) is 11.3 Å². The number of para-hydroxylation sites is 1. The van der Waals surface area contributed by atoms with E-state index in [0.29, 0.717) is 21.8 Å². The van der Waals surface area contributed by atoms with Gasteiger partial charge in [-0.05, 0) is 29.8 Å². The van der Waals surface area contributed by atoms with Crippen molar-refractivity contribution in [2.45, 2.75) is 0 Å². The minimum atomic E-state index is -0.779. The highest BCUT2D eigenvalue weighted by Gasteiger charge is 2.44. The summed E-state index contributed by atoms with van der Waals surface area (Å²) in [4.78, 5) is 17.3. The van der Waals surface area contributed by atoms with Crippen LogP contribution in [-0.4, -0.2) is 17.6 Å². The number of carbonyl (C=O) groups is 1. The Bertz CT molecular complexity index is 1030. The van der Waals surface area contributed by atoms with Crippen LogP contribution in [0.3, 0.4) is 0 Å². The van der Waals surface area contributed by atoms with Crippen LogP contribution in [0.1, 0.15) is 5.56 Å². The van der Waals surface area contributed by atoms with E-state index in [2.05, 4.69) is 16.2 Å². The third kappa shape index (κ3) is 2.46. The summed E-state index contributed by atoms with van der Waals surface area (Å²) in [6, 6.07) is 18.0. The zero-order chi connectivity index (χ0) is 18.3. The number of fused-ring (bicyclic) bond motifs is 1. The summed E-state index contributed by atoms with van der Waals surface area (Å²) in [5.74, 6) is -0.728. The van der Waals surface area contributed by atoms with Gasteiger partial charge in [0.15, 0.2) is 5.84 Å². The fourth-order valence-corrected chi connectivity index (χ4v) is 3.18. The predicted octanol–water partition coefficient (Wildman–Crippen LogP) is 2.96. The molecule has 1 unspecified atom stereocenters. The van der Waals surface area contributed by atoms with Gasteiger partial charge < -0.3 is 5.73 Å². The van der Waals surface area contributed by atoms with Crippen LogP contribution in [0, 0.1) is 17.2 Å². The molecule has 26 heavy (non-hydrogen) atoms. The van der Waals surface area contributed by atoms with E-state index in [1.807, 2.05) is 18.2 Å². The molecule has 4 rings (SSSR count). The van der Waals surface area contributed by atoms with Crippen molar-refractivity contribution >= 4 is 40.4 Å². The lowest BCUT2D eigenvalue weighted by atomic mass is 9.85. The summed E-state index contributed by atoms with van der Waals surface area (Å²) >= 11 is 5.96. The molecule has 2 heterocycles. The van der Waals surface area contributed by atoms with Gasteiger partial charge in [0.2, 0.25) is 0 Å². The molecule has 2 aliphatic heterocycles. The van der Waals surface area contributed by atoms with Gasteiger partial charge in [0.25, 0.3) is 5.91 Å². The van der Waals surface area contributed by atoms with Crippen molar-refractivity contribution in [2.75, 3.05) is 5.01 Å². The molecule has 1 atom stereocenters. The van der Waals surface area contributed by atoms with Crippen molar-refractivity contribution in [1.82, 2.24) is 0 Å². The molecular weight excluding hydrogens is 350 g/mol. The number of amidine groups is 2. The fraction of sp³-hybridized carbons (Fsp3) is 0.0526. The first-order valence-electron chi connectivity index (χ1n) is 7.82. The maximum atomic E-state index is 13.1. The molecule has 0 saturated carbocycles. The molecule has 0 spiro atoms. The van der Waals surface area contributed by atoms with Crippen molar-refractivity contribution in [3.63, 3.8) is 0 Å². The number of hydrogen-bond donors (Lipinski definition) is 1. The van der Waals surface area contributed by atoms with Crippen LogP contribution in [0.4, 0.5) is 5.69 Å². The van der Waals surface area contributed by atoms with E-state index < -0.39 is 5.92 Å². The Morgan fingerprint density at radius 1 is 1.12 bits per heavy atom. The Morgan fingerprint density at radius 2 is 1.81 bits per heavy atom. The number of hydrazone groups is 1. The number of amides is 1. The van der Waals surface area contributed by atoms with Crippen molar-refractivity contribution in [1.29, 1.82) is 5.26 Å². The molecule has 6 nitrogen and oxygen atoms in total. The molecular formula is C19H12ClN5O. The SMILES string of the molecule is N#CC1=C(c2ccc(Cl)cc2)C2C(=O)N(c3ccccc3)N=C2N=C1N. The van der Waals surface area contributed by atoms with E-state index in [9.17, 15) is 10.1 Å². The lowest BCUT2D eigenvalue weighted by molar-refractivity contribution is -0.118. The predicted molar refractivity (Wildman–Crippen MR) is 100 cm³/mol. The molecule has 2 aromatic carbocycles. The maximum Gasteiger partial charge on any atom is 0.262 e. The molecule has 126 valence electrons. The first-order valence-corrected chi connectivity index (χ1v) is 8.20. The Labute approximate surface area is 154 Å². The third-order valence-electron chi connectivity index (χ3n) is 4.23. The van der Waals surface area contributed by atoms with Gasteiger partial charge in [-0.3, -0.25) is 4.79 Å². The number of anilines is 1. The highest BCUT2D eigenvalue weighted by atomic mass is 35.5. The van der Waals surface area contributed by atoms with Gasteiger partial charge in [-0.25, -0.2) is 4.99 Å². The quantitative estimate of drug-likeness (QED) is 0.890. The normalized spacial score (nSPS) is 19.0. The molecule has 2 N–H and O–H groups in total. The van der Waals surface area contributed by atoms with Gasteiger partial charge in [-0.2, -0.15) is 10.3 Å². The number of hydrogen-bond acceptors (Lipinski definition) is 5. The van der Waals surface area contributed by atoms with Crippen LogP contribution in [-0.2, 0) is 4.79 Å². The smallest absolute Gasteiger partial charge is 0.262 e. The molecule has 2 aliphatic rings. The lowest BCUT2D eigenvalue weighted by Gasteiger charge is -2.21. The largest absolute Gasteiger partial charge is 0.383 e. The summed E-state index contributed by atoms with van der Waals surface area (Å²) in [5.41, 5.74) is 7.96. The second kappa shape index (κ2) is 6.14. The number of nitrogens with zero attached hydrogens (tertiary/aromatic N) is 4. The van der Waals surface area contributed by atoms with E-state index in [4.69, 9.17) is 17.3 Å². The highest BCUT2D eigenvalue weighted by molar-refractivity contribution is 6.31.